The summed E-state index contributed by atoms with van der Waals surface area (Å²) in [5.74, 6) is -0.135. The third-order valence-corrected chi connectivity index (χ3v) is 5.79. The van der Waals surface area contributed by atoms with Crippen LogP contribution in [0.1, 0.15) is 5.56 Å². The first kappa shape index (κ1) is 20.4. The molecule has 0 saturated carbocycles. The van der Waals surface area contributed by atoms with Crippen molar-refractivity contribution in [1.29, 1.82) is 5.26 Å². The largest absolute Gasteiger partial charge is 0.354 e. The molecule has 1 N–H and O–H groups in total. The lowest BCUT2D eigenvalue weighted by atomic mass is 10.2. The molecular formula is C17H17N3O3S3. The number of amides is 3. The van der Waals surface area contributed by atoms with E-state index in [9.17, 15) is 14.4 Å². The van der Waals surface area contributed by atoms with Crippen molar-refractivity contribution in [2.45, 2.75) is 4.90 Å². The highest BCUT2D eigenvalue weighted by Gasteiger charge is 2.34. The standard InChI is InChI=1S/C17H17N3O3S3/c1-24-13-4-2-12(3-5-13)10-14-16(22)20(17(23)26-14)8-7-19-15(21)11-25-9-6-18/h2-5,10H,7-9,11H2,1H3,(H,19,21)/b14-10-. The van der Waals surface area contributed by atoms with E-state index in [1.165, 1.54) is 11.8 Å². The summed E-state index contributed by atoms with van der Waals surface area (Å²) in [7, 11) is 0. The summed E-state index contributed by atoms with van der Waals surface area (Å²) in [6, 6.07) is 9.66. The van der Waals surface area contributed by atoms with E-state index in [2.05, 4.69) is 5.32 Å². The average molecular weight is 408 g/mol. The second-order valence-corrected chi connectivity index (χ2v) is 7.97. The molecule has 0 unspecified atom stereocenters. The lowest BCUT2D eigenvalue weighted by Gasteiger charge is -2.12. The molecule has 0 radical (unpaired) electrons. The van der Waals surface area contributed by atoms with Crippen LogP contribution in [0.15, 0.2) is 34.1 Å². The zero-order valence-electron chi connectivity index (χ0n) is 14.1. The molecule has 1 fully saturated rings. The second kappa shape index (κ2) is 10.3. The van der Waals surface area contributed by atoms with Crippen LogP contribution >= 0.6 is 35.3 Å². The maximum absolute atomic E-state index is 12.4. The van der Waals surface area contributed by atoms with Crippen LogP contribution in [0.2, 0.25) is 0 Å². The van der Waals surface area contributed by atoms with Crippen molar-refractivity contribution >= 4 is 58.4 Å². The fourth-order valence-electron chi connectivity index (χ4n) is 2.09. The minimum atomic E-state index is -0.345. The topological polar surface area (TPSA) is 90.3 Å². The number of imide groups is 1. The lowest BCUT2D eigenvalue weighted by Crippen LogP contribution is -2.37. The van der Waals surface area contributed by atoms with Gasteiger partial charge in [-0.05, 0) is 41.8 Å². The Bertz CT molecular complexity index is 757. The summed E-state index contributed by atoms with van der Waals surface area (Å²) in [4.78, 5) is 38.6. The van der Waals surface area contributed by atoms with E-state index in [1.807, 2.05) is 36.6 Å². The highest BCUT2D eigenvalue weighted by atomic mass is 32.2. The molecule has 1 aliphatic heterocycles. The van der Waals surface area contributed by atoms with Gasteiger partial charge in [0.2, 0.25) is 5.91 Å². The van der Waals surface area contributed by atoms with Gasteiger partial charge in [0.05, 0.1) is 22.5 Å². The van der Waals surface area contributed by atoms with Gasteiger partial charge in [0, 0.05) is 18.0 Å². The van der Waals surface area contributed by atoms with Crippen molar-refractivity contribution in [1.82, 2.24) is 10.2 Å². The van der Waals surface area contributed by atoms with Crippen molar-refractivity contribution in [2.75, 3.05) is 30.9 Å². The monoisotopic (exact) mass is 407 g/mol. The molecule has 0 spiro atoms. The summed E-state index contributed by atoms with van der Waals surface area (Å²) < 4.78 is 0. The third-order valence-electron chi connectivity index (χ3n) is 3.34. The summed E-state index contributed by atoms with van der Waals surface area (Å²) >= 11 is 3.75. The molecule has 1 heterocycles. The summed E-state index contributed by atoms with van der Waals surface area (Å²) in [6.07, 6.45) is 3.69. The molecule has 0 aromatic heterocycles. The van der Waals surface area contributed by atoms with Gasteiger partial charge in [0.15, 0.2) is 0 Å². The number of thioether (sulfide) groups is 3. The van der Waals surface area contributed by atoms with Crippen molar-refractivity contribution in [3.8, 4) is 6.07 Å². The first-order valence-electron chi connectivity index (χ1n) is 7.66. The third kappa shape index (κ3) is 5.83. The van der Waals surface area contributed by atoms with E-state index < -0.39 is 0 Å². The molecule has 0 aliphatic carbocycles. The highest BCUT2D eigenvalue weighted by Crippen LogP contribution is 2.32. The maximum Gasteiger partial charge on any atom is 0.293 e. The number of nitrogens with zero attached hydrogens (tertiary/aromatic N) is 2. The molecule has 1 saturated heterocycles. The second-order valence-electron chi connectivity index (χ2n) is 5.11. The van der Waals surface area contributed by atoms with Crippen molar-refractivity contribution in [2.24, 2.45) is 0 Å². The van der Waals surface area contributed by atoms with Gasteiger partial charge < -0.3 is 5.32 Å². The molecule has 1 aliphatic rings. The predicted octanol–water partition coefficient (Wildman–Crippen LogP) is 2.82. The minimum Gasteiger partial charge on any atom is -0.354 e. The van der Waals surface area contributed by atoms with Crippen LogP contribution in [0.4, 0.5) is 4.79 Å². The van der Waals surface area contributed by atoms with E-state index in [1.54, 1.807) is 17.8 Å². The van der Waals surface area contributed by atoms with Crippen molar-refractivity contribution < 1.29 is 14.4 Å². The average Bonchev–Trinajstić information content (AvgIpc) is 2.90. The number of carbonyl (C=O) groups excluding carboxylic acids is 3. The van der Waals surface area contributed by atoms with Crippen LogP contribution in [-0.2, 0) is 9.59 Å². The molecule has 0 bridgehead atoms. The van der Waals surface area contributed by atoms with Gasteiger partial charge >= 0.3 is 0 Å². The number of nitriles is 1. The predicted molar refractivity (Wildman–Crippen MR) is 107 cm³/mol. The quantitative estimate of drug-likeness (QED) is 0.402. The van der Waals surface area contributed by atoms with E-state index >= 15 is 0 Å². The first-order valence-corrected chi connectivity index (χ1v) is 10.9. The number of carbonyl (C=O) groups is 3. The molecule has 0 atom stereocenters. The number of rotatable bonds is 8. The molecular weight excluding hydrogens is 390 g/mol. The van der Waals surface area contributed by atoms with Crippen LogP contribution in [0, 0.1) is 11.3 Å². The molecule has 2 rings (SSSR count). The van der Waals surface area contributed by atoms with Crippen LogP contribution in [0.5, 0.6) is 0 Å². The fourth-order valence-corrected chi connectivity index (χ4v) is 3.85. The van der Waals surface area contributed by atoms with E-state index in [0.717, 1.165) is 27.1 Å². The Hall–Kier alpha value is -1.89. The molecule has 9 heteroatoms. The Balaban J connectivity index is 1.88. The van der Waals surface area contributed by atoms with Crippen LogP contribution in [0.3, 0.4) is 0 Å². The molecule has 1 aromatic rings. The van der Waals surface area contributed by atoms with E-state index in [0.29, 0.717) is 4.91 Å². The zero-order chi connectivity index (χ0) is 18.9. The van der Waals surface area contributed by atoms with E-state index in [4.69, 9.17) is 5.26 Å². The molecule has 136 valence electrons. The van der Waals surface area contributed by atoms with Crippen molar-refractivity contribution in [3.05, 3.63) is 34.7 Å². The summed E-state index contributed by atoms with van der Waals surface area (Å²) in [6.45, 7) is 0.321. The summed E-state index contributed by atoms with van der Waals surface area (Å²) in [5, 5.41) is 10.7. The van der Waals surface area contributed by atoms with Gasteiger partial charge in [-0.25, -0.2) is 0 Å². The zero-order valence-corrected chi connectivity index (χ0v) is 16.5. The Kier molecular flexibility index (Phi) is 8.09. The van der Waals surface area contributed by atoms with Crippen LogP contribution in [0.25, 0.3) is 6.08 Å². The maximum atomic E-state index is 12.4. The Morgan fingerprint density at radius 3 is 2.73 bits per heavy atom. The molecule has 6 nitrogen and oxygen atoms in total. The van der Waals surface area contributed by atoms with Crippen LogP contribution < -0.4 is 5.32 Å². The number of nitrogens with one attached hydrogen (secondary N) is 1. The lowest BCUT2D eigenvalue weighted by molar-refractivity contribution is -0.123. The van der Waals surface area contributed by atoms with Gasteiger partial charge in [0.25, 0.3) is 11.1 Å². The van der Waals surface area contributed by atoms with Crippen molar-refractivity contribution in [3.63, 3.8) is 0 Å². The Morgan fingerprint density at radius 2 is 2.08 bits per heavy atom. The van der Waals surface area contributed by atoms with E-state index in [-0.39, 0.29) is 41.6 Å². The summed E-state index contributed by atoms with van der Waals surface area (Å²) in [5.41, 5.74) is 0.858. The normalized spacial score (nSPS) is 15.4. The Labute approximate surface area is 164 Å². The molecule has 1 aromatic carbocycles. The van der Waals surface area contributed by atoms with Gasteiger partial charge in [-0.3, -0.25) is 19.3 Å². The number of hydrogen-bond acceptors (Lipinski definition) is 7. The number of hydrogen-bond donors (Lipinski definition) is 1. The molecule has 26 heavy (non-hydrogen) atoms. The van der Waals surface area contributed by atoms with Crippen LogP contribution in [-0.4, -0.2) is 52.8 Å². The highest BCUT2D eigenvalue weighted by molar-refractivity contribution is 8.18. The smallest absolute Gasteiger partial charge is 0.293 e. The fraction of sp³-hybridized carbons (Fsp3) is 0.294. The Morgan fingerprint density at radius 1 is 1.35 bits per heavy atom. The van der Waals surface area contributed by atoms with Gasteiger partial charge in [-0.2, -0.15) is 5.26 Å². The SMILES string of the molecule is CSc1ccc(/C=C2\SC(=O)N(CCNC(=O)CSCC#N)C2=O)cc1. The number of benzene rings is 1. The van der Waals surface area contributed by atoms with Gasteiger partial charge in [-0.15, -0.1) is 23.5 Å². The van der Waals surface area contributed by atoms with Gasteiger partial charge in [-0.1, -0.05) is 12.1 Å². The molecule has 3 amide bonds. The minimum absolute atomic E-state index is 0.127. The first-order chi connectivity index (χ1) is 12.5. The van der Waals surface area contributed by atoms with Gasteiger partial charge in [0.1, 0.15) is 0 Å².